The van der Waals surface area contributed by atoms with Gasteiger partial charge in [0.1, 0.15) is 5.69 Å². The molecule has 0 atom stereocenters. The summed E-state index contributed by atoms with van der Waals surface area (Å²) >= 11 is 0. The second kappa shape index (κ2) is 3.70. The van der Waals surface area contributed by atoms with E-state index < -0.39 is 0 Å². The van der Waals surface area contributed by atoms with Crippen molar-refractivity contribution in [2.75, 3.05) is 0 Å². The van der Waals surface area contributed by atoms with Crippen molar-refractivity contribution in [3.63, 3.8) is 0 Å². The molecule has 3 rings (SSSR count). The Kier molecular flexibility index (Phi) is 2.07. The molecule has 0 fully saturated rings. The lowest BCUT2D eigenvalue weighted by atomic mass is 10.1. The van der Waals surface area contributed by atoms with Crippen LogP contribution in [0.2, 0.25) is 0 Å². The van der Waals surface area contributed by atoms with E-state index in [-0.39, 0.29) is 0 Å². The maximum absolute atomic E-state index is 4.19. The van der Waals surface area contributed by atoms with Gasteiger partial charge in [0.05, 0.1) is 6.20 Å². The Morgan fingerprint density at radius 2 is 1.81 bits per heavy atom. The van der Waals surface area contributed by atoms with Crippen LogP contribution < -0.4 is 0 Å². The zero-order valence-electron chi connectivity index (χ0n) is 8.54. The van der Waals surface area contributed by atoms with Crippen LogP contribution in [0.4, 0.5) is 0 Å². The number of pyridine rings is 1. The van der Waals surface area contributed by atoms with Gasteiger partial charge in [0, 0.05) is 28.7 Å². The molecule has 3 nitrogen and oxygen atoms in total. The van der Waals surface area contributed by atoms with E-state index in [2.05, 4.69) is 15.2 Å². The predicted molar refractivity (Wildman–Crippen MR) is 62.8 cm³/mol. The summed E-state index contributed by atoms with van der Waals surface area (Å²) in [5, 5.41) is 10.4. The first kappa shape index (κ1) is 8.97. The maximum atomic E-state index is 4.19. The van der Waals surface area contributed by atoms with Crippen molar-refractivity contribution in [2.45, 2.75) is 0 Å². The molecule has 0 aliphatic rings. The highest BCUT2D eigenvalue weighted by Crippen LogP contribution is 2.24. The second-order valence-electron chi connectivity index (χ2n) is 3.52. The predicted octanol–water partition coefficient (Wildman–Crippen LogP) is 2.69. The first-order chi connectivity index (χ1) is 7.95. The Morgan fingerprint density at radius 3 is 2.69 bits per heavy atom. The lowest BCUT2D eigenvalue weighted by Gasteiger charge is -2.03. The summed E-state index contributed by atoms with van der Waals surface area (Å²) in [6, 6.07) is 12.0. The maximum Gasteiger partial charge on any atom is 0.102 e. The second-order valence-corrected chi connectivity index (χ2v) is 3.52. The van der Waals surface area contributed by atoms with E-state index in [1.165, 1.54) is 0 Å². The summed E-state index contributed by atoms with van der Waals surface area (Å²) in [6.07, 6.45) is 5.33. The van der Waals surface area contributed by atoms with Gasteiger partial charge in [-0.3, -0.25) is 4.98 Å². The molecule has 0 spiro atoms. The number of benzene rings is 1. The van der Waals surface area contributed by atoms with Gasteiger partial charge in [0.25, 0.3) is 0 Å². The molecule has 3 heteroatoms. The van der Waals surface area contributed by atoms with Crippen LogP contribution in [0.3, 0.4) is 0 Å². The third-order valence-electron chi connectivity index (χ3n) is 2.51. The molecular formula is C13H9N3. The van der Waals surface area contributed by atoms with Crippen molar-refractivity contribution < 1.29 is 0 Å². The van der Waals surface area contributed by atoms with Crippen molar-refractivity contribution in [3.05, 3.63) is 55.0 Å². The summed E-state index contributed by atoms with van der Waals surface area (Å²) in [7, 11) is 0. The molecular weight excluding hydrogens is 198 g/mol. The van der Waals surface area contributed by atoms with Crippen molar-refractivity contribution >= 4 is 10.8 Å². The Hall–Kier alpha value is -2.29. The fraction of sp³-hybridized carbons (Fsp3) is 0. The lowest BCUT2D eigenvalue weighted by molar-refractivity contribution is 1.05. The fourth-order valence-electron chi connectivity index (χ4n) is 1.74. The third-order valence-corrected chi connectivity index (χ3v) is 2.51. The normalized spacial score (nSPS) is 10.5. The Morgan fingerprint density at radius 1 is 0.875 bits per heavy atom. The van der Waals surface area contributed by atoms with E-state index in [0.29, 0.717) is 0 Å². The van der Waals surface area contributed by atoms with Crippen molar-refractivity contribution in [2.24, 2.45) is 0 Å². The number of aromatic nitrogens is 3. The summed E-state index contributed by atoms with van der Waals surface area (Å²) in [6.45, 7) is 0. The summed E-state index contributed by atoms with van der Waals surface area (Å²) in [5.74, 6) is 0. The molecule has 0 aliphatic carbocycles. The molecule has 0 N–H and O–H groups in total. The van der Waals surface area contributed by atoms with Gasteiger partial charge in [-0.1, -0.05) is 24.3 Å². The SMILES string of the molecule is c1cncc(-c2nncc3ccccc23)c1. The molecule has 2 heterocycles. The first-order valence-corrected chi connectivity index (χ1v) is 5.06. The fourth-order valence-corrected chi connectivity index (χ4v) is 1.74. The van der Waals surface area contributed by atoms with E-state index in [9.17, 15) is 0 Å². The molecule has 0 amide bonds. The minimum Gasteiger partial charge on any atom is -0.264 e. The molecule has 0 saturated heterocycles. The molecule has 3 aromatic rings. The van der Waals surface area contributed by atoms with Gasteiger partial charge in [0.15, 0.2) is 0 Å². The van der Waals surface area contributed by atoms with E-state index in [1.807, 2.05) is 36.4 Å². The average molecular weight is 207 g/mol. The van der Waals surface area contributed by atoms with Crippen molar-refractivity contribution in [1.29, 1.82) is 0 Å². The van der Waals surface area contributed by atoms with Crippen LogP contribution in [-0.4, -0.2) is 15.2 Å². The van der Waals surface area contributed by atoms with E-state index in [0.717, 1.165) is 22.0 Å². The molecule has 0 unspecified atom stereocenters. The van der Waals surface area contributed by atoms with Gasteiger partial charge < -0.3 is 0 Å². The quantitative estimate of drug-likeness (QED) is 0.615. The first-order valence-electron chi connectivity index (χ1n) is 5.06. The Balaban J connectivity index is 2.32. The minimum absolute atomic E-state index is 0.881. The molecule has 0 bridgehead atoms. The highest BCUT2D eigenvalue weighted by atomic mass is 15.1. The molecule has 1 aromatic carbocycles. The Labute approximate surface area is 92.8 Å². The van der Waals surface area contributed by atoms with Gasteiger partial charge in [-0.05, 0) is 12.1 Å². The van der Waals surface area contributed by atoms with E-state index >= 15 is 0 Å². The van der Waals surface area contributed by atoms with Crippen molar-refractivity contribution in [3.8, 4) is 11.3 Å². The summed E-state index contributed by atoms with van der Waals surface area (Å²) < 4.78 is 0. The van der Waals surface area contributed by atoms with Crippen LogP contribution in [0.5, 0.6) is 0 Å². The van der Waals surface area contributed by atoms with Crippen LogP contribution in [0.1, 0.15) is 0 Å². The van der Waals surface area contributed by atoms with Crippen molar-refractivity contribution in [1.82, 2.24) is 15.2 Å². The average Bonchev–Trinajstić information content (AvgIpc) is 2.39. The van der Waals surface area contributed by atoms with Crippen LogP contribution >= 0.6 is 0 Å². The molecule has 0 radical (unpaired) electrons. The highest BCUT2D eigenvalue weighted by molar-refractivity contribution is 5.93. The van der Waals surface area contributed by atoms with Gasteiger partial charge in [-0.15, -0.1) is 5.10 Å². The summed E-state index contributed by atoms with van der Waals surface area (Å²) in [5.41, 5.74) is 1.87. The number of fused-ring (bicyclic) bond motifs is 1. The Bertz CT molecular complexity index is 615. The largest absolute Gasteiger partial charge is 0.264 e. The van der Waals surface area contributed by atoms with E-state index in [4.69, 9.17) is 0 Å². The van der Waals surface area contributed by atoms with Gasteiger partial charge in [-0.2, -0.15) is 5.10 Å². The number of hydrogen-bond donors (Lipinski definition) is 0. The van der Waals surface area contributed by atoms with Crippen LogP contribution in [-0.2, 0) is 0 Å². The molecule has 2 aromatic heterocycles. The van der Waals surface area contributed by atoms with Crippen LogP contribution in [0.15, 0.2) is 55.0 Å². The zero-order valence-corrected chi connectivity index (χ0v) is 8.54. The number of hydrogen-bond acceptors (Lipinski definition) is 3. The smallest absolute Gasteiger partial charge is 0.102 e. The van der Waals surface area contributed by atoms with Gasteiger partial charge >= 0.3 is 0 Å². The highest BCUT2D eigenvalue weighted by Gasteiger charge is 2.04. The number of rotatable bonds is 1. The van der Waals surface area contributed by atoms with Gasteiger partial charge in [-0.25, -0.2) is 0 Å². The number of nitrogens with zero attached hydrogens (tertiary/aromatic N) is 3. The molecule has 0 aliphatic heterocycles. The standard InChI is InChI=1S/C13H9N3/c1-2-6-12-10(4-1)9-15-16-13(12)11-5-3-7-14-8-11/h1-9H. The molecule has 16 heavy (non-hydrogen) atoms. The molecule has 76 valence electrons. The molecule has 0 saturated carbocycles. The topological polar surface area (TPSA) is 38.7 Å². The van der Waals surface area contributed by atoms with Crippen LogP contribution in [0, 0.1) is 0 Å². The lowest BCUT2D eigenvalue weighted by Crippen LogP contribution is -1.89. The van der Waals surface area contributed by atoms with Crippen LogP contribution in [0.25, 0.3) is 22.0 Å². The van der Waals surface area contributed by atoms with E-state index in [1.54, 1.807) is 18.6 Å². The minimum atomic E-state index is 0.881. The third kappa shape index (κ3) is 1.42. The van der Waals surface area contributed by atoms with Gasteiger partial charge in [0.2, 0.25) is 0 Å². The summed E-state index contributed by atoms with van der Waals surface area (Å²) in [4.78, 5) is 4.10. The zero-order chi connectivity index (χ0) is 10.8. The monoisotopic (exact) mass is 207 g/mol.